The third-order valence-electron chi connectivity index (χ3n) is 10.7. The molecule has 0 radical (unpaired) electrons. The van der Waals surface area contributed by atoms with Crippen molar-refractivity contribution in [3.63, 3.8) is 0 Å². The van der Waals surface area contributed by atoms with Gasteiger partial charge in [-0.15, -0.1) is 0 Å². The van der Waals surface area contributed by atoms with Crippen molar-refractivity contribution < 1.29 is 27.4 Å². The summed E-state index contributed by atoms with van der Waals surface area (Å²) in [4.78, 5) is 17.9. The van der Waals surface area contributed by atoms with Gasteiger partial charge in [0, 0.05) is 49.7 Å². The molecule has 5 heterocycles. The number of phenols is 1. The Balaban J connectivity index is 1.27. The van der Waals surface area contributed by atoms with E-state index in [-0.39, 0.29) is 47.0 Å². The topological polar surface area (TPSA) is 74.6 Å². The van der Waals surface area contributed by atoms with Gasteiger partial charge in [0.25, 0.3) is 0 Å². The van der Waals surface area contributed by atoms with Gasteiger partial charge in [-0.3, -0.25) is 9.88 Å². The number of pyridine rings is 1. The van der Waals surface area contributed by atoms with Gasteiger partial charge in [0.1, 0.15) is 47.5 Å². The van der Waals surface area contributed by atoms with Crippen LogP contribution in [-0.2, 0) is 6.42 Å². The predicted octanol–water partition coefficient (Wildman–Crippen LogP) is 6.53. The van der Waals surface area contributed by atoms with Crippen LogP contribution in [0.1, 0.15) is 44.6 Å². The van der Waals surface area contributed by atoms with Crippen LogP contribution in [0.25, 0.3) is 32.9 Å². The number of hydrogen-bond donors (Lipinski definition) is 1. The molecule has 4 fully saturated rings. The van der Waals surface area contributed by atoms with E-state index in [1.807, 2.05) is 11.8 Å². The summed E-state index contributed by atoms with van der Waals surface area (Å²) in [5.74, 6) is -1.13. The lowest BCUT2D eigenvalue weighted by molar-refractivity contribution is 0.107. The van der Waals surface area contributed by atoms with Crippen LogP contribution < -0.4 is 9.64 Å². The molecule has 4 aromatic rings. The normalized spacial score (nSPS) is 28.0. The molecule has 7 nitrogen and oxygen atoms in total. The molecule has 2 bridgehead atoms. The summed E-state index contributed by atoms with van der Waals surface area (Å²) >= 11 is 0. The Labute approximate surface area is 258 Å². The van der Waals surface area contributed by atoms with Gasteiger partial charge in [-0.25, -0.2) is 17.6 Å². The van der Waals surface area contributed by atoms with Crippen molar-refractivity contribution in [3.05, 3.63) is 47.7 Å². The molecule has 2 aromatic heterocycles. The first-order chi connectivity index (χ1) is 21.7. The SMILES string of the molecule is CCc1c(F)ccc2cc(O)cc(-c3ncc4c(N5CC6CCC(C5)C6F)nc(OC[C@@]56CCCN5C[C@H](F)C6)nc4c3F)c12. The van der Waals surface area contributed by atoms with Crippen molar-refractivity contribution in [2.45, 2.75) is 63.3 Å². The largest absolute Gasteiger partial charge is 0.508 e. The smallest absolute Gasteiger partial charge is 0.319 e. The van der Waals surface area contributed by atoms with E-state index in [2.05, 4.69) is 14.9 Å². The van der Waals surface area contributed by atoms with Crippen LogP contribution in [0, 0.1) is 23.5 Å². The predicted molar refractivity (Wildman–Crippen MR) is 163 cm³/mol. The number of aryl methyl sites for hydroxylation is 1. The lowest BCUT2D eigenvalue weighted by Crippen LogP contribution is -2.44. The number of piperidine rings is 1. The highest BCUT2D eigenvalue weighted by molar-refractivity contribution is 6.01. The number of benzene rings is 2. The molecule has 3 saturated heterocycles. The van der Waals surface area contributed by atoms with E-state index in [0.717, 1.165) is 32.2 Å². The van der Waals surface area contributed by atoms with Gasteiger partial charge in [-0.2, -0.15) is 9.97 Å². The summed E-state index contributed by atoms with van der Waals surface area (Å²) in [7, 11) is 0. The molecule has 0 spiro atoms. The van der Waals surface area contributed by atoms with E-state index < -0.39 is 29.5 Å². The summed E-state index contributed by atoms with van der Waals surface area (Å²) in [6.45, 7) is 4.03. The molecular weight excluding hydrogens is 586 g/mol. The highest BCUT2D eigenvalue weighted by atomic mass is 19.1. The van der Waals surface area contributed by atoms with Gasteiger partial charge < -0.3 is 14.7 Å². The summed E-state index contributed by atoms with van der Waals surface area (Å²) in [6.07, 6.45) is 3.73. The third kappa shape index (κ3) is 4.60. The molecule has 4 aliphatic rings. The zero-order valence-electron chi connectivity index (χ0n) is 25.1. The highest BCUT2D eigenvalue weighted by Crippen LogP contribution is 2.44. The number of hydrogen-bond acceptors (Lipinski definition) is 7. The number of nitrogens with zero attached hydrogens (tertiary/aromatic N) is 5. The summed E-state index contributed by atoms with van der Waals surface area (Å²) in [5, 5.41) is 11.9. The summed E-state index contributed by atoms with van der Waals surface area (Å²) in [5.41, 5.74) is 0.0748. The maximum Gasteiger partial charge on any atom is 0.319 e. The Morgan fingerprint density at radius 3 is 2.64 bits per heavy atom. The number of phenolic OH excluding ortho intramolecular Hbond substituents is 1. The summed E-state index contributed by atoms with van der Waals surface area (Å²) in [6, 6.07) is 5.77. The Morgan fingerprint density at radius 2 is 1.87 bits per heavy atom. The first-order valence-electron chi connectivity index (χ1n) is 16.0. The van der Waals surface area contributed by atoms with Crippen LogP contribution in [0.3, 0.4) is 0 Å². The highest BCUT2D eigenvalue weighted by Gasteiger charge is 2.49. The average molecular weight is 622 g/mol. The maximum atomic E-state index is 16.8. The average Bonchev–Trinajstić information content (AvgIpc) is 3.60. The second kappa shape index (κ2) is 10.7. The van der Waals surface area contributed by atoms with Gasteiger partial charge in [0.2, 0.25) is 0 Å². The van der Waals surface area contributed by atoms with E-state index in [0.29, 0.717) is 60.0 Å². The molecule has 236 valence electrons. The Bertz CT molecular complexity index is 1810. The molecule has 2 unspecified atom stereocenters. The molecule has 1 aliphatic carbocycles. The molecule has 3 aliphatic heterocycles. The van der Waals surface area contributed by atoms with Crippen LogP contribution in [-0.4, -0.2) is 75.6 Å². The number of fused-ring (bicyclic) bond motifs is 5. The lowest BCUT2D eigenvalue weighted by Gasteiger charge is -2.35. The molecule has 45 heavy (non-hydrogen) atoms. The number of halogens is 4. The van der Waals surface area contributed by atoms with Gasteiger partial charge in [0.15, 0.2) is 5.82 Å². The molecule has 4 atom stereocenters. The fraction of sp³-hybridized carbons (Fsp3) is 0.500. The molecule has 8 rings (SSSR count). The second-order valence-corrected chi connectivity index (χ2v) is 13.3. The van der Waals surface area contributed by atoms with E-state index in [1.54, 1.807) is 6.07 Å². The maximum absolute atomic E-state index is 16.8. The number of rotatable bonds is 6. The van der Waals surface area contributed by atoms with E-state index in [4.69, 9.17) is 9.72 Å². The molecule has 1 N–H and O–H groups in total. The van der Waals surface area contributed by atoms with Crippen molar-refractivity contribution in [1.29, 1.82) is 0 Å². The van der Waals surface area contributed by atoms with Crippen molar-refractivity contribution >= 4 is 27.5 Å². The van der Waals surface area contributed by atoms with Gasteiger partial charge in [0.05, 0.1) is 10.9 Å². The minimum absolute atomic E-state index is 0.0313. The van der Waals surface area contributed by atoms with E-state index >= 15 is 4.39 Å². The Hall–Kier alpha value is -3.73. The minimum Gasteiger partial charge on any atom is -0.508 e. The van der Waals surface area contributed by atoms with Crippen LogP contribution in [0.15, 0.2) is 30.5 Å². The lowest BCUT2D eigenvalue weighted by atomic mass is 9.94. The van der Waals surface area contributed by atoms with Crippen LogP contribution >= 0.6 is 0 Å². The Morgan fingerprint density at radius 1 is 1.07 bits per heavy atom. The van der Waals surface area contributed by atoms with Crippen LogP contribution in [0.2, 0.25) is 0 Å². The molecular formula is C34H35F4N5O2. The third-order valence-corrected chi connectivity index (χ3v) is 10.7. The van der Waals surface area contributed by atoms with Crippen molar-refractivity contribution in [1.82, 2.24) is 19.9 Å². The number of anilines is 1. The fourth-order valence-electron chi connectivity index (χ4n) is 8.52. The zero-order valence-corrected chi connectivity index (χ0v) is 25.1. The van der Waals surface area contributed by atoms with Gasteiger partial charge in [-0.1, -0.05) is 13.0 Å². The van der Waals surface area contributed by atoms with Crippen LogP contribution in [0.5, 0.6) is 11.8 Å². The first-order valence-corrected chi connectivity index (χ1v) is 16.0. The zero-order chi connectivity index (χ0) is 31.0. The minimum atomic E-state index is -0.930. The van der Waals surface area contributed by atoms with E-state index in [9.17, 15) is 18.3 Å². The van der Waals surface area contributed by atoms with Crippen LogP contribution in [0.4, 0.5) is 23.4 Å². The number of ether oxygens (including phenoxy) is 1. The quantitative estimate of drug-likeness (QED) is 0.246. The first kappa shape index (κ1) is 28.7. The monoisotopic (exact) mass is 621 g/mol. The molecule has 2 aromatic carbocycles. The Kier molecular flexibility index (Phi) is 6.81. The standard InChI is InChI=1S/C34H35F4N5O2/c1-2-23-26(36)7-6-18-10-22(44)11-24(27(18)23)30-29(38)31-25(13-39-30)32(42-14-19-4-5-20(15-42)28(19)37)41-33(40-31)45-17-34-8-3-9-43(34)16-21(35)12-34/h6-7,10-11,13,19-21,28,44H,2-5,8-9,12,14-17H2,1H3/t19?,20?,21-,28?,34+/m1/s1. The fourth-order valence-corrected chi connectivity index (χ4v) is 8.52. The van der Waals surface area contributed by atoms with Crippen molar-refractivity contribution in [2.75, 3.05) is 37.7 Å². The summed E-state index contributed by atoms with van der Waals surface area (Å²) < 4.78 is 67.3. The molecule has 0 amide bonds. The van der Waals surface area contributed by atoms with Gasteiger partial charge in [-0.05, 0) is 73.2 Å². The number of aromatic hydroxyl groups is 1. The van der Waals surface area contributed by atoms with Crippen molar-refractivity contribution in [2.24, 2.45) is 11.8 Å². The second-order valence-electron chi connectivity index (χ2n) is 13.3. The number of aromatic nitrogens is 3. The molecule has 11 heteroatoms. The van der Waals surface area contributed by atoms with Crippen molar-refractivity contribution in [3.8, 4) is 23.0 Å². The van der Waals surface area contributed by atoms with E-state index in [1.165, 1.54) is 24.4 Å². The molecule has 1 saturated carbocycles. The number of alkyl halides is 2. The van der Waals surface area contributed by atoms with Gasteiger partial charge >= 0.3 is 6.01 Å².